The smallest absolute Gasteiger partial charge is 0.276 e. The Morgan fingerprint density at radius 1 is 1.33 bits per heavy atom. The zero-order valence-electron chi connectivity index (χ0n) is 4.05. The molecule has 0 atom stereocenters. The molecule has 0 aromatic rings. The fourth-order valence-corrected chi connectivity index (χ4v) is 2.22. The van der Waals surface area contributed by atoms with Gasteiger partial charge in [-0.3, -0.25) is 15.5 Å². The summed E-state index contributed by atoms with van der Waals surface area (Å²) in [7, 11) is 0. The summed E-state index contributed by atoms with van der Waals surface area (Å²) in [5.41, 5.74) is 10.1. The van der Waals surface area contributed by atoms with E-state index in [0.29, 0.717) is 0 Å². The normalized spacial score (nSPS) is 13.9. The van der Waals surface area contributed by atoms with E-state index in [1.54, 1.807) is 0 Å². The van der Waals surface area contributed by atoms with Crippen LogP contribution in [-0.2, 0) is 16.3 Å². The molecule has 0 rings (SSSR count). The fourth-order valence-electron chi connectivity index (χ4n) is 0.162. The Morgan fingerprint density at radius 2 is 1.67 bits per heavy atom. The van der Waals surface area contributed by atoms with Crippen molar-refractivity contribution in [3.63, 3.8) is 0 Å². The van der Waals surface area contributed by atoms with Crippen molar-refractivity contribution in [2.24, 2.45) is 11.0 Å². The molecule has 0 saturated carbocycles. The summed E-state index contributed by atoms with van der Waals surface area (Å²) in [6.07, 6.45) is 0. The van der Waals surface area contributed by atoms with Gasteiger partial charge in [-0.2, -0.15) is 0 Å². The van der Waals surface area contributed by atoms with E-state index in [4.69, 9.17) is 45.8 Å². The summed E-state index contributed by atoms with van der Waals surface area (Å²) < 4.78 is 2.50. The molecule has 8 heteroatoms. The molecule has 0 aliphatic carbocycles. The molecule has 0 aromatic carbocycles. The highest BCUT2D eigenvalue weighted by Gasteiger charge is 2.25. The predicted octanol–water partition coefficient (Wildman–Crippen LogP) is 1.47. The first-order chi connectivity index (χ1) is 3.71. The molecule has 0 bridgehead atoms. The third-order valence-corrected chi connectivity index (χ3v) is 1.58. The second-order valence-electron chi connectivity index (χ2n) is 1.18. The third-order valence-electron chi connectivity index (χ3n) is 0.246. The van der Waals surface area contributed by atoms with Crippen LogP contribution in [0.2, 0.25) is 0 Å². The Kier molecular flexibility index (Phi) is 3.70. The predicted molar refractivity (Wildman–Crippen MR) is 44.0 cm³/mol. The van der Waals surface area contributed by atoms with Crippen LogP contribution in [0.15, 0.2) is 0 Å². The van der Waals surface area contributed by atoms with Gasteiger partial charge in [0.05, 0.1) is 0 Å². The van der Waals surface area contributed by atoms with E-state index in [-0.39, 0.29) is 0 Å². The number of hydrogen-bond acceptors (Lipinski definition) is 2. The molecule has 0 spiro atoms. The largest absolute Gasteiger partial charge is 0.302 e. The van der Waals surface area contributed by atoms with Crippen LogP contribution in [0.1, 0.15) is 0 Å². The minimum atomic E-state index is -2.85. The van der Waals surface area contributed by atoms with E-state index in [9.17, 15) is 0 Å². The maximum Gasteiger partial charge on any atom is 0.302 e. The Bertz CT molecular complexity index is 139. The molecular weight excluding hydrogens is 225 g/mol. The summed E-state index contributed by atoms with van der Waals surface area (Å²) in [6.45, 7) is -2.85. The zero-order valence-corrected chi connectivity index (χ0v) is 8.03. The maximum atomic E-state index is 5.13. The highest BCUT2D eigenvalue weighted by atomic mass is 35.6. The Balaban J connectivity index is 3.90. The lowest BCUT2D eigenvalue weighted by Gasteiger charge is -2.16. The van der Waals surface area contributed by atoms with Gasteiger partial charge in [-0.1, -0.05) is 34.8 Å². The van der Waals surface area contributed by atoms with Gasteiger partial charge < -0.3 is 0 Å². The van der Waals surface area contributed by atoms with Gasteiger partial charge in [-0.15, -0.1) is 0 Å². The molecular formula is CH4Cl3N2OPS. The minimum absolute atomic E-state index is 1.90. The Hall–Kier alpha value is 1.40. The van der Waals surface area contributed by atoms with Gasteiger partial charge in [-0.05, 0) is 11.8 Å². The fraction of sp³-hybridized carbons (Fsp3) is 1.00. The van der Waals surface area contributed by atoms with Crippen molar-refractivity contribution in [2.45, 2.75) is 3.98 Å². The van der Waals surface area contributed by atoms with Crippen molar-refractivity contribution in [3.8, 4) is 0 Å². The molecule has 0 fully saturated rings. The molecule has 56 valence electrons. The summed E-state index contributed by atoms with van der Waals surface area (Å²) in [6, 6.07) is 0. The van der Waals surface area contributed by atoms with Gasteiger partial charge in [-0.25, -0.2) is 0 Å². The van der Waals surface area contributed by atoms with Crippen LogP contribution < -0.4 is 11.0 Å². The molecule has 0 radical (unpaired) electrons. The molecule has 0 aromatic heterocycles. The Labute approximate surface area is 72.8 Å². The summed E-state index contributed by atoms with van der Waals surface area (Å²) in [5, 5.41) is 0. The van der Waals surface area contributed by atoms with E-state index in [1.165, 1.54) is 0 Å². The highest BCUT2D eigenvalue weighted by molar-refractivity contribution is 8.10. The molecule has 0 aliphatic rings. The van der Waals surface area contributed by atoms with Crippen LogP contribution in [0, 0.1) is 0 Å². The average molecular weight is 229 g/mol. The van der Waals surface area contributed by atoms with Crippen LogP contribution in [0.3, 0.4) is 0 Å². The van der Waals surface area contributed by atoms with Crippen molar-refractivity contribution in [1.29, 1.82) is 0 Å². The number of hydrogen-bond donors (Lipinski definition) is 2. The molecule has 9 heavy (non-hydrogen) atoms. The third kappa shape index (κ3) is 9.40. The van der Waals surface area contributed by atoms with Gasteiger partial charge >= 0.3 is 3.98 Å². The number of nitrogens with two attached hydrogens (primary N) is 2. The van der Waals surface area contributed by atoms with Gasteiger partial charge in [0.25, 0.3) is 0 Å². The lowest BCUT2D eigenvalue weighted by molar-refractivity contribution is 0.356. The Morgan fingerprint density at radius 3 is 1.67 bits per heavy atom. The van der Waals surface area contributed by atoms with Crippen LogP contribution in [-0.4, -0.2) is 3.98 Å². The van der Waals surface area contributed by atoms with Crippen LogP contribution in [0.5, 0.6) is 0 Å². The van der Waals surface area contributed by atoms with Gasteiger partial charge in [0.2, 0.25) is 0 Å². The van der Waals surface area contributed by atoms with E-state index >= 15 is 0 Å². The highest BCUT2D eigenvalue weighted by Crippen LogP contribution is 2.41. The molecule has 3 nitrogen and oxygen atoms in total. The monoisotopic (exact) mass is 228 g/mol. The second kappa shape index (κ2) is 3.20. The molecule has 0 saturated heterocycles. The average Bonchev–Trinajstić information content (AvgIpc) is 1.14. The van der Waals surface area contributed by atoms with E-state index in [1.807, 2.05) is 0 Å². The van der Waals surface area contributed by atoms with E-state index in [2.05, 4.69) is 16.3 Å². The first-order valence-corrected chi connectivity index (χ1v) is 5.65. The topological polar surface area (TPSA) is 61.3 Å². The lowest BCUT2D eigenvalue weighted by Crippen LogP contribution is -2.15. The minimum Gasteiger partial charge on any atom is -0.276 e. The van der Waals surface area contributed by atoms with Crippen molar-refractivity contribution in [2.75, 3.05) is 0 Å². The van der Waals surface area contributed by atoms with Gasteiger partial charge in [0, 0.05) is 0 Å². The number of halogens is 3. The van der Waals surface area contributed by atoms with E-state index < -0.39 is 10.5 Å². The van der Waals surface area contributed by atoms with Crippen molar-refractivity contribution in [3.05, 3.63) is 0 Å². The van der Waals surface area contributed by atoms with Crippen LogP contribution in [0.25, 0.3) is 0 Å². The standard InChI is InChI=1S/CH4Cl3N2OPS/c2-1(3,4)7-8(5,6)9/h(H4,5,6,9). The van der Waals surface area contributed by atoms with Crippen molar-refractivity contribution < 1.29 is 4.52 Å². The molecule has 0 heterocycles. The van der Waals surface area contributed by atoms with Crippen LogP contribution >= 0.6 is 41.4 Å². The maximum absolute atomic E-state index is 5.13. The van der Waals surface area contributed by atoms with Crippen molar-refractivity contribution >= 4 is 53.2 Å². The van der Waals surface area contributed by atoms with Crippen LogP contribution in [0.4, 0.5) is 0 Å². The number of alkyl halides is 3. The first kappa shape index (κ1) is 10.4. The second-order valence-corrected chi connectivity index (χ2v) is 6.54. The van der Waals surface area contributed by atoms with E-state index in [0.717, 1.165) is 0 Å². The quantitative estimate of drug-likeness (QED) is 0.528. The summed E-state index contributed by atoms with van der Waals surface area (Å²) in [4.78, 5) is 0. The summed E-state index contributed by atoms with van der Waals surface area (Å²) >= 11 is 19.8. The zero-order chi connectivity index (χ0) is 7.71. The van der Waals surface area contributed by atoms with Gasteiger partial charge in [0.1, 0.15) is 0 Å². The van der Waals surface area contributed by atoms with Gasteiger partial charge in [0.15, 0.2) is 6.57 Å². The summed E-state index contributed by atoms with van der Waals surface area (Å²) in [5.74, 6) is 0. The molecule has 4 N–H and O–H groups in total. The molecule has 0 amide bonds. The SMILES string of the molecule is NP(N)(=S)OC(Cl)(Cl)Cl. The lowest BCUT2D eigenvalue weighted by atomic mass is 11.7. The van der Waals surface area contributed by atoms with Crippen molar-refractivity contribution in [1.82, 2.24) is 0 Å². The first-order valence-electron chi connectivity index (χ1n) is 1.65. The number of rotatable bonds is 1. The molecule has 0 aliphatic heterocycles. The molecule has 0 unspecified atom stereocenters.